The standard InChI is InChI=1S/C25H24N6O/c1-2-4-22-19(3-1)15-27-25(28-22)24-21-12-18(5-6-23(21)29-30-24)20-11-17(13-26-14-20)16-31-7-9-32-10-8-31/h1-6,11-14H,7-10,15-16H2,(H,27,28)(H,29,30). The number of pyridine rings is 1. The molecule has 2 aliphatic rings. The van der Waals surface area contributed by atoms with Crippen molar-refractivity contribution in [1.29, 1.82) is 0 Å². The summed E-state index contributed by atoms with van der Waals surface area (Å²) in [4.78, 5) is 11.7. The predicted molar refractivity (Wildman–Crippen MR) is 126 cm³/mol. The molecule has 0 radical (unpaired) electrons. The largest absolute Gasteiger partial charge is 0.379 e. The van der Waals surface area contributed by atoms with E-state index in [1.54, 1.807) is 0 Å². The first-order valence-corrected chi connectivity index (χ1v) is 11.0. The number of morpholine rings is 1. The normalized spacial score (nSPS) is 16.4. The maximum atomic E-state index is 5.46. The summed E-state index contributed by atoms with van der Waals surface area (Å²) in [5, 5.41) is 12.2. The van der Waals surface area contributed by atoms with Crippen LogP contribution in [-0.2, 0) is 17.8 Å². The van der Waals surface area contributed by atoms with E-state index in [0.717, 1.165) is 72.1 Å². The van der Waals surface area contributed by atoms with E-state index in [9.17, 15) is 0 Å². The maximum Gasteiger partial charge on any atom is 0.154 e. The molecule has 2 aromatic carbocycles. The molecule has 1 fully saturated rings. The minimum atomic E-state index is 0.653. The summed E-state index contributed by atoms with van der Waals surface area (Å²) in [7, 11) is 0. The average Bonchev–Trinajstić information content (AvgIpc) is 3.28. The van der Waals surface area contributed by atoms with Crippen LogP contribution >= 0.6 is 0 Å². The molecule has 6 rings (SSSR count). The Morgan fingerprint density at radius 3 is 2.81 bits per heavy atom. The number of benzene rings is 2. The SMILES string of the molecule is c1ccc2c(c1)CN=C(c1n[nH]c3ccc(-c4cncc(CN5CCOCC5)c4)cc13)N2. The lowest BCUT2D eigenvalue weighted by Gasteiger charge is -2.26. The summed E-state index contributed by atoms with van der Waals surface area (Å²) in [6.45, 7) is 5.08. The third kappa shape index (κ3) is 3.66. The number of H-pyrrole nitrogens is 1. The van der Waals surface area contributed by atoms with Gasteiger partial charge >= 0.3 is 0 Å². The van der Waals surface area contributed by atoms with Gasteiger partial charge in [0.25, 0.3) is 0 Å². The quantitative estimate of drug-likeness (QED) is 0.521. The third-order valence-corrected chi connectivity index (χ3v) is 6.10. The first kappa shape index (κ1) is 19.2. The molecule has 0 spiro atoms. The summed E-state index contributed by atoms with van der Waals surface area (Å²) < 4.78 is 5.46. The minimum Gasteiger partial charge on any atom is -0.379 e. The van der Waals surface area contributed by atoms with E-state index in [2.05, 4.69) is 61.8 Å². The van der Waals surface area contributed by atoms with Crippen molar-refractivity contribution in [2.45, 2.75) is 13.1 Å². The van der Waals surface area contributed by atoms with Crippen molar-refractivity contribution in [1.82, 2.24) is 20.1 Å². The number of rotatable bonds is 4. The van der Waals surface area contributed by atoms with E-state index >= 15 is 0 Å². The fourth-order valence-electron chi connectivity index (χ4n) is 4.37. The van der Waals surface area contributed by atoms with Gasteiger partial charge in [-0.3, -0.25) is 20.0 Å². The van der Waals surface area contributed by atoms with E-state index in [0.29, 0.717) is 6.54 Å². The number of aliphatic imine (C=N–C) groups is 1. The maximum absolute atomic E-state index is 5.46. The van der Waals surface area contributed by atoms with E-state index in [4.69, 9.17) is 9.73 Å². The van der Waals surface area contributed by atoms with Crippen LogP contribution in [0.4, 0.5) is 5.69 Å². The van der Waals surface area contributed by atoms with Crippen LogP contribution in [0.2, 0.25) is 0 Å². The van der Waals surface area contributed by atoms with Gasteiger partial charge in [-0.05, 0) is 41.0 Å². The van der Waals surface area contributed by atoms with Gasteiger partial charge in [-0.15, -0.1) is 0 Å². The fourth-order valence-corrected chi connectivity index (χ4v) is 4.37. The Bertz CT molecular complexity index is 1300. The Labute approximate surface area is 186 Å². The Balaban J connectivity index is 1.31. The van der Waals surface area contributed by atoms with Crippen molar-refractivity contribution in [2.75, 3.05) is 31.6 Å². The molecule has 2 N–H and O–H groups in total. The molecule has 1 saturated heterocycles. The van der Waals surface area contributed by atoms with Crippen molar-refractivity contribution < 1.29 is 4.74 Å². The molecule has 7 heteroatoms. The number of amidine groups is 1. The van der Waals surface area contributed by atoms with Crippen molar-refractivity contribution in [3.63, 3.8) is 0 Å². The van der Waals surface area contributed by atoms with Crippen LogP contribution in [0, 0.1) is 0 Å². The zero-order valence-corrected chi connectivity index (χ0v) is 17.7. The molecular formula is C25H24N6O. The highest BCUT2D eigenvalue weighted by molar-refractivity contribution is 6.15. The molecule has 2 aromatic heterocycles. The van der Waals surface area contributed by atoms with Crippen molar-refractivity contribution in [2.24, 2.45) is 4.99 Å². The monoisotopic (exact) mass is 424 g/mol. The van der Waals surface area contributed by atoms with E-state index in [-0.39, 0.29) is 0 Å². The highest BCUT2D eigenvalue weighted by Gasteiger charge is 2.18. The summed E-state index contributed by atoms with van der Waals surface area (Å²) >= 11 is 0. The Morgan fingerprint density at radius 2 is 1.88 bits per heavy atom. The number of aromatic nitrogens is 3. The zero-order valence-electron chi connectivity index (χ0n) is 17.7. The lowest BCUT2D eigenvalue weighted by Crippen LogP contribution is -2.35. The smallest absolute Gasteiger partial charge is 0.154 e. The number of anilines is 1. The van der Waals surface area contributed by atoms with Gasteiger partial charge in [0, 0.05) is 48.7 Å². The van der Waals surface area contributed by atoms with Crippen LogP contribution in [0.5, 0.6) is 0 Å². The Hall–Kier alpha value is -3.55. The lowest BCUT2D eigenvalue weighted by atomic mass is 10.0. The van der Waals surface area contributed by atoms with Gasteiger partial charge in [0.1, 0.15) is 5.69 Å². The molecule has 4 heterocycles. The van der Waals surface area contributed by atoms with Crippen LogP contribution < -0.4 is 5.32 Å². The molecule has 0 saturated carbocycles. The molecule has 0 aliphatic carbocycles. The van der Waals surface area contributed by atoms with Crippen LogP contribution in [0.25, 0.3) is 22.0 Å². The predicted octanol–water partition coefficient (Wildman–Crippen LogP) is 3.83. The topological polar surface area (TPSA) is 78.4 Å². The van der Waals surface area contributed by atoms with Gasteiger partial charge in [0.15, 0.2) is 5.84 Å². The van der Waals surface area contributed by atoms with Gasteiger partial charge < -0.3 is 10.1 Å². The number of fused-ring (bicyclic) bond motifs is 2. The van der Waals surface area contributed by atoms with Crippen LogP contribution in [0.15, 0.2) is 65.9 Å². The third-order valence-electron chi connectivity index (χ3n) is 6.10. The van der Waals surface area contributed by atoms with E-state index in [1.165, 1.54) is 11.1 Å². The first-order chi connectivity index (χ1) is 15.8. The first-order valence-electron chi connectivity index (χ1n) is 11.0. The molecule has 160 valence electrons. The second-order valence-corrected chi connectivity index (χ2v) is 8.25. The molecule has 0 amide bonds. The van der Waals surface area contributed by atoms with E-state index < -0.39 is 0 Å². The van der Waals surface area contributed by atoms with Crippen molar-refractivity contribution in [3.05, 3.63) is 77.7 Å². The van der Waals surface area contributed by atoms with Gasteiger partial charge in [-0.2, -0.15) is 5.10 Å². The molecule has 0 unspecified atom stereocenters. The molecular weight excluding hydrogens is 400 g/mol. The molecule has 32 heavy (non-hydrogen) atoms. The van der Waals surface area contributed by atoms with Gasteiger partial charge in [0.05, 0.1) is 25.3 Å². The Kier molecular flexibility index (Phi) is 4.90. The number of hydrogen-bond donors (Lipinski definition) is 2. The summed E-state index contributed by atoms with van der Waals surface area (Å²) in [6, 6.07) is 16.9. The van der Waals surface area contributed by atoms with Crippen molar-refractivity contribution in [3.8, 4) is 11.1 Å². The molecule has 7 nitrogen and oxygen atoms in total. The lowest BCUT2D eigenvalue weighted by molar-refractivity contribution is 0.0341. The van der Waals surface area contributed by atoms with E-state index in [1.807, 2.05) is 24.5 Å². The van der Waals surface area contributed by atoms with Crippen LogP contribution in [-0.4, -0.2) is 52.2 Å². The van der Waals surface area contributed by atoms with Gasteiger partial charge in [-0.25, -0.2) is 0 Å². The number of para-hydroxylation sites is 1. The highest BCUT2D eigenvalue weighted by atomic mass is 16.5. The molecule has 0 bridgehead atoms. The summed E-state index contributed by atoms with van der Waals surface area (Å²) in [6.07, 6.45) is 3.88. The number of nitrogens with zero attached hydrogens (tertiary/aromatic N) is 4. The number of aromatic amines is 1. The molecule has 4 aromatic rings. The van der Waals surface area contributed by atoms with Crippen LogP contribution in [0.1, 0.15) is 16.8 Å². The van der Waals surface area contributed by atoms with Crippen molar-refractivity contribution >= 4 is 22.4 Å². The summed E-state index contributed by atoms with van der Waals surface area (Å²) in [5.41, 5.74) is 7.55. The van der Waals surface area contributed by atoms with Gasteiger partial charge in [-0.1, -0.05) is 24.3 Å². The fraction of sp³-hybridized carbons (Fsp3) is 0.240. The minimum absolute atomic E-state index is 0.653. The second kappa shape index (κ2) is 8.18. The molecule has 0 atom stereocenters. The highest BCUT2D eigenvalue weighted by Crippen LogP contribution is 2.28. The second-order valence-electron chi connectivity index (χ2n) is 8.25. The summed E-state index contributed by atoms with van der Waals surface area (Å²) in [5.74, 6) is 0.797. The average molecular weight is 425 g/mol. The zero-order chi connectivity index (χ0) is 21.3. The number of ether oxygens (including phenoxy) is 1. The molecule has 2 aliphatic heterocycles. The van der Waals surface area contributed by atoms with Gasteiger partial charge in [0.2, 0.25) is 0 Å². The van der Waals surface area contributed by atoms with Crippen LogP contribution in [0.3, 0.4) is 0 Å². The number of nitrogens with one attached hydrogen (secondary N) is 2. The Morgan fingerprint density at radius 1 is 0.969 bits per heavy atom. The number of hydrogen-bond acceptors (Lipinski definition) is 6.